The molecule has 2 aromatic carbocycles. The Morgan fingerprint density at radius 2 is 1.83 bits per heavy atom. The maximum Gasteiger partial charge on any atom is 0.274 e. The molecule has 0 aliphatic rings. The van der Waals surface area contributed by atoms with Crippen molar-refractivity contribution in [2.24, 2.45) is 0 Å². The fraction of sp³-hybridized carbons (Fsp3) is 0.111. The van der Waals surface area contributed by atoms with Crippen LogP contribution >= 0.6 is 12.2 Å². The number of carbonyl (C=O) groups excluding carboxylic acids is 1. The van der Waals surface area contributed by atoms with Gasteiger partial charge in [0.2, 0.25) is 0 Å². The third-order valence-corrected chi connectivity index (χ3v) is 4.01. The Kier molecular flexibility index (Phi) is 4.57. The number of halogens is 1. The van der Waals surface area contributed by atoms with Crippen LogP contribution in [-0.4, -0.2) is 15.5 Å². The lowest BCUT2D eigenvalue weighted by Crippen LogP contribution is -2.16. The van der Waals surface area contributed by atoms with Crippen LogP contribution in [0.5, 0.6) is 0 Å². The summed E-state index contributed by atoms with van der Waals surface area (Å²) in [5.74, 6) is -0.640. The van der Waals surface area contributed by atoms with Crippen LogP contribution < -0.4 is 5.32 Å². The Morgan fingerprint density at radius 1 is 1.17 bits per heavy atom. The van der Waals surface area contributed by atoms with Crippen molar-refractivity contribution >= 4 is 23.8 Å². The molecule has 0 aliphatic carbocycles. The lowest BCUT2D eigenvalue weighted by atomic mass is 10.1. The third kappa shape index (κ3) is 3.28. The van der Waals surface area contributed by atoms with E-state index in [2.05, 4.69) is 17.2 Å². The van der Waals surface area contributed by atoms with Gasteiger partial charge in [-0.3, -0.25) is 9.36 Å². The highest BCUT2D eigenvalue weighted by Gasteiger charge is 2.14. The fourth-order valence-corrected chi connectivity index (χ4v) is 2.66. The van der Waals surface area contributed by atoms with Crippen molar-refractivity contribution in [3.05, 3.63) is 76.6 Å². The van der Waals surface area contributed by atoms with Crippen LogP contribution in [0.1, 0.15) is 23.0 Å². The highest BCUT2D eigenvalue weighted by molar-refractivity contribution is 7.71. The molecule has 24 heavy (non-hydrogen) atoms. The van der Waals surface area contributed by atoms with Gasteiger partial charge in [-0.2, -0.15) is 0 Å². The maximum absolute atomic E-state index is 13.1. The molecule has 4 nitrogen and oxygen atoms in total. The van der Waals surface area contributed by atoms with E-state index in [0.717, 1.165) is 6.42 Å². The number of benzene rings is 2. The second-order valence-electron chi connectivity index (χ2n) is 5.30. The van der Waals surface area contributed by atoms with E-state index in [1.807, 2.05) is 24.3 Å². The lowest BCUT2D eigenvalue weighted by Gasteiger charge is -2.09. The number of aryl methyl sites for hydroxylation is 1. The summed E-state index contributed by atoms with van der Waals surface area (Å²) < 4.78 is 15.1. The molecule has 0 aliphatic heterocycles. The van der Waals surface area contributed by atoms with Gasteiger partial charge in [-0.15, -0.1) is 0 Å². The fourth-order valence-electron chi connectivity index (χ4n) is 2.40. The highest BCUT2D eigenvalue weighted by Crippen LogP contribution is 2.16. The van der Waals surface area contributed by atoms with Crippen molar-refractivity contribution in [3.63, 3.8) is 0 Å². The van der Waals surface area contributed by atoms with E-state index in [0.29, 0.717) is 21.8 Å². The van der Waals surface area contributed by atoms with Crippen molar-refractivity contribution in [1.29, 1.82) is 0 Å². The SMILES string of the molecule is CCc1ccc(NC(=O)c2c[nH]c(=S)n2-c2ccc(F)cc2)cc1. The Hall–Kier alpha value is -2.73. The van der Waals surface area contributed by atoms with Crippen LogP contribution in [0.25, 0.3) is 5.69 Å². The Morgan fingerprint density at radius 3 is 2.46 bits per heavy atom. The molecule has 1 aromatic heterocycles. The zero-order valence-electron chi connectivity index (χ0n) is 13.0. The molecule has 2 N–H and O–H groups in total. The summed E-state index contributed by atoms with van der Waals surface area (Å²) in [5.41, 5.74) is 2.87. The molecule has 122 valence electrons. The van der Waals surface area contributed by atoms with Gasteiger partial charge in [0.25, 0.3) is 5.91 Å². The number of hydrogen-bond acceptors (Lipinski definition) is 2. The largest absolute Gasteiger partial charge is 0.336 e. The van der Waals surface area contributed by atoms with Gasteiger partial charge in [0.05, 0.1) is 0 Å². The molecule has 0 bridgehead atoms. The van der Waals surface area contributed by atoms with Crippen molar-refractivity contribution in [3.8, 4) is 5.69 Å². The van der Waals surface area contributed by atoms with Crippen molar-refractivity contribution < 1.29 is 9.18 Å². The summed E-state index contributed by atoms with van der Waals surface area (Å²) >= 11 is 5.24. The minimum absolute atomic E-state index is 0.295. The molecule has 0 fully saturated rings. The number of H-pyrrole nitrogens is 1. The quantitative estimate of drug-likeness (QED) is 0.687. The first-order valence-electron chi connectivity index (χ1n) is 7.55. The molecule has 3 rings (SSSR count). The lowest BCUT2D eigenvalue weighted by molar-refractivity contribution is 0.102. The van der Waals surface area contributed by atoms with Gasteiger partial charge in [-0.05, 0) is 60.6 Å². The number of nitrogens with zero attached hydrogens (tertiary/aromatic N) is 1. The molecule has 0 unspecified atom stereocenters. The minimum atomic E-state index is -0.345. The van der Waals surface area contributed by atoms with E-state index in [1.54, 1.807) is 22.9 Å². The van der Waals surface area contributed by atoms with Gasteiger partial charge in [0.15, 0.2) is 4.77 Å². The van der Waals surface area contributed by atoms with E-state index in [9.17, 15) is 9.18 Å². The topological polar surface area (TPSA) is 49.8 Å². The van der Waals surface area contributed by atoms with Crippen LogP contribution in [-0.2, 0) is 6.42 Å². The number of nitrogens with one attached hydrogen (secondary N) is 2. The highest BCUT2D eigenvalue weighted by atomic mass is 32.1. The first kappa shape index (κ1) is 16.1. The first-order valence-corrected chi connectivity index (χ1v) is 7.96. The molecule has 0 saturated heterocycles. The Balaban J connectivity index is 1.90. The number of amides is 1. The van der Waals surface area contributed by atoms with Crippen LogP contribution in [0, 0.1) is 10.6 Å². The third-order valence-electron chi connectivity index (χ3n) is 3.71. The average molecular weight is 341 g/mol. The maximum atomic E-state index is 13.1. The zero-order valence-corrected chi connectivity index (χ0v) is 13.9. The van der Waals surface area contributed by atoms with Crippen LogP contribution in [0.4, 0.5) is 10.1 Å². The van der Waals surface area contributed by atoms with Crippen LogP contribution in [0.2, 0.25) is 0 Å². The number of aromatic amines is 1. The van der Waals surface area contributed by atoms with E-state index in [-0.39, 0.29) is 11.7 Å². The molecule has 3 aromatic rings. The minimum Gasteiger partial charge on any atom is -0.336 e. The molecule has 1 amide bonds. The molecule has 6 heteroatoms. The van der Waals surface area contributed by atoms with Gasteiger partial charge < -0.3 is 10.3 Å². The summed E-state index contributed by atoms with van der Waals surface area (Å²) in [4.78, 5) is 15.4. The predicted molar refractivity (Wildman–Crippen MR) is 94.7 cm³/mol. The molecule has 0 atom stereocenters. The number of imidazole rings is 1. The second kappa shape index (κ2) is 6.80. The Labute approximate surface area is 144 Å². The van der Waals surface area contributed by atoms with E-state index < -0.39 is 0 Å². The summed E-state index contributed by atoms with van der Waals surface area (Å²) in [6.45, 7) is 2.07. The van der Waals surface area contributed by atoms with Crippen molar-refractivity contribution in [2.45, 2.75) is 13.3 Å². The summed E-state index contributed by atoms with van der Waals surface area (Å²) in [6, 6.07) is 13.5. The standard InChI is InChI=1S/C18H16FN3OS/c1-2-12-3-7-14(8-4-12)21-17(23)16-11-20-18(24)22(16)15-9-5-13(19)6-10-15/h3-11H,2H2,1H3,(H,20,24)(H,21,23). The molecular formula is C18H16FN3OS. The van der Waals surface area contributed by atoms with E-state index >= 15 is 0 Å². The van der Waals surface area contributed by atoms with Crippen LogP contribution in [0.15, 0.2) is 54.7 Å². The number of aromatic nitrogens is 2. The normalized spacial score (nSPS) is 10.6. The molecule has 0 radical (unpaired) electrons. The predicted octanol–water partition coefficient (Wildman–Crippen LogP) is 4.49. The number of rotatable bonds is 4. The van der Waals surface area contributed by atoms with Crippen molar-refractivity contribution in [2.75, 3.05) is 5.32 Å². The van der Waals surface area contributed by atoms with Crippen LogP contribution in [0.3, 0.4) is 0 Å². The number of carbonyl (C=O) groups is 1. The summed E-state index contributed by atoms with van der Waals surface area (Å²) in [7, 11) is 0. The van der Waals surface area contributed by atoms with Gasteiger partial charge in [0, 0.05) is 17.6 Å². The monoisotopic (exact) mass is 341 g/mol. The second-order valence-corrected chi connectivity index (χ2v) is 5.68. The summed E-state index contributed by atoms with van der Waals surface area (Å²) in [6.07, 6.45) is 2.48. The Bertz CT molecular complexity index is 911. The summed E-state index contributed by atoms with van der Waals surface area (Å²) in [5, 5.41) is 2.84. The van der Waals surface area contributed by atoms with E-state index in [1.165, 1.54) is 17.7 Å². The smallest absolute Gasteiger partial charge is 0.274 e. The molecule has 1 heterocycles. The molecule has 0 spiro atoms. The van der Waals surface area contributed by atoms with Crippen molar-refractivity contribution in [1.82, 2.24) is 9.55 Å². The van der Waals surface area contributed by atoms with Gasteiger partial charge in [-0.1, -0.05) is 19.1 Å². The zero-order chi connectivity index (χ0) is 17.1. The number of hydrogen-bond donors (Lipinski definition) is 2. The molecular weight excluding hydrogens is 325 g/mol. The van der Waals surface area contributed by atoms with Gasteiger partial charge in [-0.25, -0.2) is 4.39 Å². The van der Waals surface area contributed by atoms with Gasteiger partial charge >= 0.3 is 0 Å². The molecule has 0 saturated carbocycles. The average Bonchev–Trinajstić information content (AvgIpc) is 2.98. The first-order chi connectivity index (χ1) is 11.6. The van der Waals surface area contributed by atoms with E-state index in [4.69, 9.17) is 12.2 Å². The van der Waals surface area contributed by atoms with Gasteiger partial charge in [0.1, 0.15) is 11.5 Å². The number of anilines is 1.